The highest BCUT2D eigenvalue weighted by atomic mass is 28.4. The zero-order valence-electron chi connectivity index (χ0n) is 55.3. The molecule has 0 aromatic carbocycles. The highest BCUT2D eigenvalue weighted by molar-refractivity contribution is 6.73. The molecule has 498 valence electrons. The van der Waals surface area contributed by atoms with E-state index in [1.807, 2.05) is 0 Å². The normalized spacial score (nSPS) is 46.8. The fraction of sp³-hybridized carbons (Fsp3) is 0.914. The standard InChI is InChI=1S/C70H112O17Si/c1-14-36(5)24-38(7)52-32-56-62(81-52)41(10)28-48(77-56)27-40(9)61(87-88(15-2,16-3)17-4)49(72)29-44(71)30-55-54(74-13)34-58-63(82-55)43(12)64-57(79-58)33-53-42(11)37(6)25-45(76-53)18-20-50-39(8)26-47(75-50)22-23-70-35-59-66(85-70)67-68(83-59)69(86-70)65-51(80-67)21-19-46(78-65)31-60(73)84-64/h36-38,40-41,43,45-59,61-69,72H,8,11,14-35H2,1-7,9-10,12-13H3/t36-,37+,38-,40-,41-,43-,45-,46+,47-,48+,49-,50-,51-,52-,53?,54+,55+,56?,57-,58-,59+,61-,62-,63-,64+,65-,66+,67?,68?,69-,70-/m0/s1. The molecule has 13 fully saturated rings. The third kappa shape index (κ3) is 13.6. The molecule has 13 aliphatic rings. The van der Waals surface area contributed by atoms with Crippen LogP contribution >= 0.6 is 0 Å². The molecule has 0 aliphatic carbocycles. The van der Waals surface area contributed by atoms with Crippen LogP contribution in [-0.2, 0) is 75.6 Å². The summed E-state index contributed by atoms with van der Waals surface area (Å²) in [6, 6.07) is 2.77. The van der Waals surface area contributed by atoms with Crippen molar-refractivity contribution in [3.05, 3.63) is 24.3 Å². The van der Waals surface area contributed by atoms with Gasteiger partial charge in [0.05, 0.1) is 116 Å². The predicted octanol–water partition coefficient (Wildman–Crippen LogP) is 11.0. The number of ketones is 1. The van der Waals surface area contributed by atoms with Crippen molar-refractivity contribution < 1.29 is 80.7 Å². The first kappa shape index (κ1) is 66.3. The third-order valence-corrected chi connectivity index (χ3v) is 28.9. The van der Waals surface area contributed by atoms with Crippen molar-refractivity contribution in [3.8, 4) is 0 Å². The van der Waals surface area contributed by atoms with E-state index in [4.69, 9.17) is 66.0 Å². The lowest BCUT2D eigenvalue weighted by Crippen LogP contribution is -2.62. The van der Waals surface area contributed by atoms with Gasteiger partial charge >= 0.3 is 5.97 Å². The highest BCUT2D eigenvalue weighted by Gasteiger charge is 2.69. The van der Waals surface area contributed by atoms with Gasteiger partial charge < -0.3 is 71.1 Å². The van der Waals surface area contributed by atoms with Gasteiger partial charge in [-0.2, -0.15) is 0 Å². The van der Waals surface area contributed by atoms with Crippen LogP contribution in [0.3, 0.4) is 0 Å². The van der Waals surface area contributed by atoms with Crippen LogP contribution in [0.2, 0.25) is 18.1 Å². The summed E-state index contributed by atoms with van der Waals surface area (Å²) in [6.07, 6.45) is 4.92. The van der Waals surface area contributed by atoms with Crippen molar-refractivity contribution in [2.24, 2.45) is 35.5 Å². The summed E-state index contributed by atoms with van der Waals surface area (Å²) in [5, 5.41) is 12.4. The molecule has 0 radical (unpaired) electrons. The molecule has 0 amide bonds. The number of esters is 1. The van der Waals surface area contributed by atoms with Gasteiger partial charge in [0.15, 0.2) is 14.1 Å². The number of rotatable bonds is 18. The first-order chi connectivity index (χ1) is 42.2. The maximum atomic E-state index is 14.7. The lowest BCUT2D eigenvalue weighted by molar-refractivity contribution is -0.293. The smallest absolute Gasteiger partial charge is 0.308 e. The van der Waals surface area contributed by atoms with E-state index in [0.717, 1.165) is 87.1 Å². The molecule has 0 aromatic rings. The molecule has 88 heavy (non-hydrogen) atoms. The van der Waals surface area contributed by atoms with Gasteiger partial charge in [0.25, 0.3) is 0 Å². The first-order valence-corrected chi connectivity index (χ1v) is 37.9. The summed E-state index contributed by atoms with van der Waals surface area (Å²) >= 11 is 0. The monoisotopic (exact) mass is 1250 g/mol. The fourth-order valence-corrected chi connectivity index (χ4v) is 21.6. The van der Waals surface area contributed by atoms with Gasteiger partial charge in [0.1, 0.15) is 42.4 Å². The molecule has 31 atom stereocenters. The summed E-state index contributed by atoms with van der Waals surface area (Å²) in [6.45, 7) is 31.4. The van der Waals surface area contributed by atoms with Gasteiger partial charge in [-0.15, -0.1) is 0 Å². The number of Topliss-reactive ketones (excluding diaryl/α,β-unsaturated/α-hetero) is 1. The van der Waals surface area contributed by atoms with Crippen molar-refractivity contribution in [2.75, 3.05) is 7.11 Å². The average molecular weight is 1250 g/mol. The molecular weight excluding hydrogens is 1140 g/mol. The van der Waals surface area contributed by atoms with E-state index in [-0.39, 0.29) is 128 Å². The number of aliphatic hydroxyl groups excluding tert-OH is 1. The predicted molar refractivity (Wildman–Crippen MR) is 331 cm³/mol. The van der Waals surface area contributed by atoms with Crippen molar-refractivity contribution in [3.63, 3.8) is 0 Å². The fourth-order valence-electron chi connectivity index (χ4n) is 18.7. The van der Waals surface area contributed by atoms with E-state index in [2.05, 4.69) is 82.4 Å². The van der Waals surface area contributed by atoms with E-state index >= 15 is 0 Å². The Morgan fingerprint density at radius 3 is 2.15 bits per heavy atom. The van der Waals surface area contributed by atoms with Crippen LogP contribution in [-0.4, -0.2) is 185 Å². The zero-order chi connectivity index (χ0) is 62.1. The Bertz CT molecular complexity index is 2420. The van der Waals surface area contributed by atoms with Crippen molar-refractivity contribution in [2.45, 2.75) is 362 Å². The van der Waals surface area contributed by atoms with Gasteiger partial charge in [-0.3, -0.25) is 9.59 Å². The molecular formula is C70H112O17Si. The van der Waals surface area contributed by atoms with Gasteiger partial charge in [-0.1, -0.05) is 88.8 Å². The van der Waals surface area contributed by atoms with Crippen LogP contribution in [0.25, 0.3) is 0 Å². The Labute approximate surface area is 527 Å². The number of carbonyl (C=O) groups excluding carboxylic acids is 2. The Hall–Kier alpha value is -1.72. The van der Waals surface area contributed by atoms with Gasteiger partial charge in [-0.25, -0.2) is 0 Å². The molecule has 13 aliphatic heterocycles. The number of ether oxygens (including phenoxy) is 13. The molecule has 12 bridgehead atoms. The second-order valence-corrected chi connectivity index (χ2v) is 35.0. The molecule has 13 heterocycles. The van der Waals surface area contributed by atoms with Crippen LogP contribution in [0.4, 0.5) is 0 Å². The minimum Gasteiger partial charge on any atom is -0.459 e. The molecule has 0 aromatic heterocycles. The maximum absolute atomic E-state index is 14.7. The number of hydrogen-bond acceptors (Lipinski definition) is 17. The van der Waals surface area contributed by atoms with Crippen LogP contribution < -0.4 is 0 Å². The van der Waals surface area contributed by atoms with Crippen molar-refractivity contribution in [1.29, 1.82) is 0 Å². The molecule has 13 rings (SSSR count). The molecule has 18 heteroatoms. The zero-order valence-corrected chi connectivity index (χ0v) is 56.3. The van der Waals surface area contributed by atoms with Crippen molar-refractivity contribution >= 4 is 20.1 Å². The van der Waals surface area contributed by atoms with Gasteiger partial charge in [0, 0.05) is 58.0 Å². The molecule has 1 spiro atoms. The Morgan fingerprint density at radius 2 is 1.39 bits per heavy atom. The van der Waals surface area contributed by atoms with E-state index in [1.54, 1.807) is 7.11 Å². The summed E-state index contributed by atoms with van der Waals surface area (Å²) in [7, 11) is -0.589. The first-order valence-electron chi connectivity index (χ1n) is 35.4. The van der Waals surface area contributed by atoms with E-state index in [9.17, 15) is 14.7 Å². The third-order valence-electron chi connectivity index (χ3n) is 24.3. The Balaban J connectivity index is 0.740. The highest BCUT2D eigenvalue weighted by Crippen LogP contribution is 2.55. The minimum absolute atomic E-state index is 0.000544. The van der Waals surface area contributed by atoms with Gasteiger partial charge in [-0.05, 0) is 123 Å². The lowest BCUT2D eigenvalue weighted by Gasteiger charge is -2.51. The van der Waals surface area contributed by atoms with Gasteiger partial charge in [0.2, 0.25) is 0 Å². The number of carbonyl (C=O) groups is 2. The number of aliphatic hydroxyl groups is 1. The topological polar surface area (TPSA) is 184 Å². The number of hydrogen-bond donors (Lipinski definition) is 1. The number of methoxy groups -OCH3 is 1. The summed E-state index contributed by atoms with van der Waals surface area (Å²) < 4.78 is 96.3. The quantitative estimate of drug-likeness (QED) is 0.0776. The molecule has 0 saturated carbocycles. The van der Waals surface area contributed by atoms with Crippen LogP contribution in [0.1, 0.15) is 191 Å². The Kier molecular flexibility index (Phi) is 20.8. The molecule has 17 nitrogen and oxygen atoms in total. The average Bonchev–Trinajstić information content (AvgIpc) is 1.55. The molecule has 1 N–H and O–H groups in total. The minimum atomic E-state index is -2.25. The van der Waals surface area contributed by atoms with Crippen LogP contribution in [0, 0.1) is 35.5 Å². The number of fused-ring (bicyclic) bond motifs is 8. The van der Waals surface area contributed by atoms with Crippen LogP contribution in [0.15, 0.2) is 24.3 Å². The summed E-state index contributed by atoms with van der Waals surface area (Å²) in [4.78, 5) is 29.3. The lowest BCUT2D eigenvalue weighted by atomic mass is 9.79. The summed E-state index contributed by atoms with van der Waals surface area (Å²) in [5.41, 5.74) is 2.12. The van der Waals surface area contributed by atoms with Crippen LogP contribution in [0.5, 0.6) is 0 Å². The van der Waals surface area contributed by atoms with E-state index in [0.29, 0.717) is 56.3 Å². The SMILES string of the molecule is C=C1C2C[C@@H]3O[C@H]4C[C@@H](OC)[C@@H](CC(=O)C[C@H](O)[C@@H](O[Si](CC)(CC)CC)[C@@H](C)C[C@@H]5C[C@H](C)[C@@H]6O[C@H]([C@@H](C)C[C@@H](C)CC)CC6O5)O[C@H]4[C@H](C)[C@H]3OC(=O)C[C@H]3CC[C@@H]4OC5C6O[C@@H]7C[C@](CC[C@H]8CC(=C)[C@H](CC[C@@H](C[C@H]1C)O2)O8)(O[C@H]6[C@H]4O3)O[C@@H]57. The second-order valence-electron chi connectivity index (χ2n) is 30.3. The maximum Gasteiger partial charge on any atom is 0.308 e. The molecule has 4 unspecified atom stereocenters. The van der Waals surface area contributed by atoms with E-state index < -0.39 is 81.2 Å². The second kappa shape index (κ2) is 27.5. The van der Waals surface area contributed by atoms with E-state index in [1.165, 1.54) is 6.42 Å². The van der Waals surface area contributed by atoms with Crippen molar-refractivity contribution in [1.82, 2.24) is 0 Å². The largest absolute Gasteiger partial charge is 0.459 e. The Morgan fingerprint density at radius 1 is 0.682 bits per heavy atom. The molecule has 13 saturated heterocycles. The summed E-state index contributed by atoms with van der Waals surface area (Å²) in [5.74, 6) is -0.0816.